The summed E-state index contributed by atoms with van der Waals surface area (Å²) in [5.74, 6) is 0. The van der Waals surface area contributed by atoms with E-state index in [1.807, 2.05) is 0 Å². The summed E-state index contributed by atoms with van der Waals surface area (Å²) in [5.41, 5.74) is 0. The van der Waals surface area contributed by atoms with E-state index in [1.54, 1.807) is 0 Å². The predicted molar refractivity (Wildman–Crippen MR) is 101 cm³/mol. The Bertz CT molecular complexity index is 553. The molecule has 0 aliphatic rings. The second kappa shape index (κ2) is 12.1. The highest BCUT2D eigenvalue weighted by atomic mass is 35.5. The van der Waals surface area contributed by atoms with Gasteiger partial charge in [-0.1, -0.05) is 87.9 Å². The Balaban J connectivity index is 2.14. The quantitative estimate of drug-likeness (QED) is 0.278. The average molecular weight is 395 g/mol. The third-order valence-corrected chi connectivity index (χ3v) is 5.59. The van der Waals surface area contributed by atoms with Gasteiger partial charge in [-0.25, -0.2) is 0 Å². The molecule has 0 aliphatic heterocycles. The van der Waals surface area contributed by atoms with E-state index < -0.39 is 10.1 Å². The number of benzene rings is 1. The van der Waals surface area contributed by atoms with E-state index in [0.717, 1.165) is 19.3 Å². The van der Waals surface area contributed by atoms with E-state index >= 15 is 0 Å². The maximum absolute atomic E-state index is 12.1. The van der Waals surface area contributed by atoms with Crippen LogP contribution in [0.25, 0.3) is 0 Å². The van der Waals surface area contributed by atoms with Gasteiger partial charge in [-0.05, 0) is 24.6 Å². The normalized spacial score (nSPS) is 11.8. The van der Waals surface area contributed by atoms with Gasteiger partial charge in [0, 0.05) is 10.0 Å². The fourth-order valence-electron chi connectivity index (χ4n) is 2.50. The first kappa shape index (κ1) is 21.8. The van der Waals surface area contributed by atoms with Crippen LogP contribution < -0.4 is 0 Å². The Kier molecular flexibility index (Phi) is 11.0. The lowest BCUT2D eigenvalue weighted by Crippen LogP contribution is -2.07. The van der Waals surface area contributed by atoms with Gasteiger partial charge in [0.2, 0.25) is 0 Å². The Hall–Kier alpha value is -0.290. The molecule has 0 spiro atoms. The van der Waals surface area contributed by atoms with Crippen LogP contribution in [-0.2, 0) is 14.3 Å². The van der Waals surface area contributed by atoms with Crippen LogP contribution in [0, 0.1) is 0 Å². The van der Waals surface area contributed by atoms with Crippen molar-refractivity contribution in [3.63, 3.8) is 0 Å². The van der Waals surface area contributed by atoms with Crippen molar-refractivity contribution >= 4 is 33.3 Å². The maximum atomic E-state index is 12.1. The molecule has 1 rings (SSSR count). The smallest absolute Gasteiger partial charge is 0.266 e. The molecule has 0 aliphatic carbocycles. The van der Waals surface area contributed by atoms with Crippen LogP contribution in [0.4, 0.5) is 0 Å². The third-order valence-electron chi connectivity index (χ3n) is 3.86. The number of rotatable bonds is 13. The summed E-state index contributed by atoms with van der Waals surface area (Å²) >= 11 is 11.6. The highest BCUT2D eigenvalue weighted by Gasteiger charge is 2.16. The minimum absolute atomic E-state index is 0.00655. The van der Waals surface area contributed by atoms with Gasteiger partial charge in [-0.15, -0.1) is 0 Å². The van der Waals surface area contributed by atoms with Crippen molar-refractivity contribution < 1.29 is 12.6 Å². The van der Waals surface area contributed by atoms with Crippen molar-refractivity contribution in [1.82, 2.24) is 0 Å². The number of unbranched alkanes of at least 4 members (excludes halogenated alkanes) is 9. The maximum Gasteiger partial charge on any atom is 0.297 e. The van der Waals surface area contributed by atoms with Gasteiger partial charge in [0.05, 0.1) is 11.5 Å². The van der Waals surface area contributed by atoms with Crippen molar-refractivity contribution in [2.24, 2.45) is 0 Å². The standard InChI is InChI=1S/C18H28Cl2O3S/c1-2-3-4-5-6-7-8-9-10-11-12-23-24(21,22)18-14-16(19)13-17(20)15-18/h13-15H,2-12H2,1H3. The zero-order valence-corrected chi connectivity index (χ0v) is 16.7. The summed E-state index contributed by atoms with van der Waals surface area (Å²) in [7, 11) is -3.78. The summed E-state index contributed by atoms with van der Waals surface area (Å²) in [4.78, 5) is 0.00655. The molecule has 0 amide bonds. The molecule has 0 unspecified atom stereocenters. The van der Waals surface area contributed by atoms with E-state index in [9.17, 15) is 8.42 Å². The van der Waals surface area contributed by atoms with Crippen LogP contribution in [0.15, 0.2) is 23.1 Å². The van der Waals surface area contributed by atoms with E-state index in [2.05, 4.69) is 6.92 Å². The molecule has 0 atom stereocenters. The van der Waals surface area contributed by atoms with Crippen LogP contribution in [0.2, 0.25) is 10.0 Å². The van der Waals surface area contributed by atoms with Crippen LogP contribution in [0.3, 0.4) is 0 Å². The first-order valence-corrected chi connectivity index (χ1v) is 11.0. The Morgan fingerprint density at radius 1 is 0.792 bits per heavy atom. The summed E-state index contributed by atoms with van der Waals surface area (Å²) in [6.45, 7) is 2.42. The fraction of sp³-hybridized carbons (Fsp3) is 0.667. The van der Waals surface area contributed by atoms with E-state index in [0.29, 0.717) is 0 Å². The molecule has 1 aromatic rings. The largest absolute Gasteiger partial charge is 0.297 e. The van der Waals surface area contributed by atoms with E-state index in [4.69, 9.17) is 27.4 Å². The second-order valence-corrected chi connectivity index (χ2v) is 8.55. The summed E-state index contributed by atoms with van der Waals surface area (Å²) < 4.78 is 29.2. The topological polar surface area (TPSA) is 43.4 Å². The molecule has 138 valence electrons. The Labute approximate surface area is 156 Å². The Morgan fingerprint density at radius 2 is 1.25 bits per heavy atom. The third kappa shape index (κ3) is 9.26. The van der Waals surface area contributed by atoms with Crippen LogP contribution >= 0.6 is 23.2 Å². The van der Waals surface area contributed by atoms with E-state index in [1.165, 1.54) is 63.1 Å². The zero-order chi connectivity index (χ0) is 17.8. The molecule has 0 saturated carbocycles. The fourth-order valence-corrected chi connectivity index (χ4v) is 4.17. The SMILES string of the molecule is CCCCCCCCCCCCOS(=O)(=O)c1cc(Cl)cc(Cl)c1. The highest BCUT2D eigenvalue weighted by molar-refractivity contribution is 7.86. The minimum Gasteiger partial charge on any atom is -0.266 e. The van der Waals surface area contributed by atoms with Crippen molar-refractivity contribution in [1.29, 1.82) is 0 Å². The minimum atomic E-state index is -3.78. The summed E-state index contributed by atoms with van der Waals surface area (Å²) in [6.07, 6.45) is 11.9. The highest BCUT2D eigenvalue weighted by Crippen LogP contribution is 2.23. The molecule has 24 heavy (non-hydrogen) atoms. The molecular weight excluding hydrogens is 367 g/mol. The monoisotopic (exact) mass is 394 g/mol. The first-order chi connectivity index (χ1) is 11.5. The van der Waals surface area contributed by atoms with Crippen LogP contribution in [0.5, 0.6) is 0 Å². The number of hydrogen-bond donors (Lipinski definition) is 0. The van der Waals surface area contributed by atoms with Crippen LogP contribution in [-0.4, -0.2) is 15.0 Å². The lowest BCUT2D eigenvalue weighted by molar-refractivity contribution is 0.306. The van der Waals surface area contributed by atoms with Crippen molar-refractivity contribution in [2.75, 3.05) is 6.61 Å². The van der Waals surface area contributed by atoms with E-state index in [-0.39, 0.29) is 21.5 Å². The van der Waals surface area contributed by atoms with Gasteiger partial charge in [0.15, 0.2) is 0 Å². The summed E-state index contributed by atoms with van der Waals surface area (Å²) in [6, 6.07) is 4.19. The molecular formula is C18H28Cl2O3S. The number of halogens is 2. The lowest BCUT2D eigenvalue weighted by atomic mass is 10.1. The predicted octanol–water partition coefficient (Wildman–Crippen LogP) is 6.62. The lowest BCUT2D eigenvalue weighted by Gasteiger charge is -2.07. The second-order valence-electron chi connectivity index (χ2n) is 6.06. The molecule has 0 heterocycles. The molecule has 6 heteroatoms. The first-order valence-electron chi connectivity index (χ1n) is 8.81. The van der Waals surface area contributed by atoms with Crippen molar-refractivity contribution in [3.05, 3.63) is 28.2 Å². The van der Waals surface area contributed by atoms with Gasteiger partial charge in [0.1, 0.15) is 0 Å². The molecule has 0 aromatic heterocycles. The average Bonchev–Trinajstić information content (AvgIpc) is 2.51. The zero-order valence-electron chi connectivity index (χ0n) is 14.4. The summed E-state index contributed by atoms with van der Waals surface area (Å²) in [5, 5.41) is 0.562. The van der Waals surface area contributed by atoms with Crippen molar-refractivity contribution in [3.8, 4) is 0 Å². The van der Waals surface area contributed by atoms with Crippen molar-refractivity contribution in [2.45, 2.75) is 76.0 Å². The van der Waals surface area contributed by atoms with Gasteiger partial charge in [-0.3, -0.25) is 4.18 Å². The Morgan fingerprint density at radius 3 is 1.75 bits per heavy atom. The number of hydrogen-bond acceptors (Lipinski definition) is 3. The molecule has 0 bridgehead atoms. The molecule has 0 fully saturated rings. The molecule has 1 aromatic carbocycles. The van der Waals surface area contributed by atoms with Gasteiger partial charge in [0.25, 0.3) is 10.1 Å². The van der Waals surface area contributed by atoms with Gasteiger partial charge >= 0.3 is 0 Å². The molecule has 0 saturated heterocycles. The van der Waals surface area contributed by atoms with Gasteiger partial charge in [-0.2, -0.15) is 8.42 Å². The van der Waals surface area contributed by atoms with Gasteiger partial charge < -0.3 is 0 Å². The van der Waals surface area contributed by atoms with Crippen LogP contribution in [0.1, 0.15) is 71.1 Å². The molecule has 0 radical (unpaired) electrons. The molecule has 3 nitrogen and oxygen atoms in total. The molecule has 0 N–H and O–H groups in total.